The first kappa shape index (κ1) is 16.8. The number of para-hydroxylation sites is 2. The van der Waals surface area contributed by atoms with Crippen molar-refractivity contribution in [2.24, 2.45) is 0 Å². The maximum absolute atomic E-state index is 12.4. The molecule has 5 heteroatoms. The highest BCUT2D eigenvalue weighted by Crippen LogP contribution is 2.25. The summed E-state index contributed by atoms with van der Waals surface area (Å²) in [6.45, 7) is 7.97. The van der Waals surface area contributed by atoms with Gasteiger partial charge in [0.2, 0.25) is 0 Å². The van der Waals surface area contributed by atoms with Gasteiger partial charge in [-0.2, -0.15) is 0 Å². The van der Waals surface area contributed by atoms with Gasteiger partial charge < -0.3 is 15.4 Å². The Balaban J connectivity index is 2.16. The van der Waals surface area contributed by atoms with Crippen molar-refractivity contribution in [1.29, 1.82) is 0 Å². The molecule has 0 atom stereocenters. The summed E-state index contributed by atoms with van der Waals surface area (Å²) in [5, 5.41) is 6.12. The highest BCUT2D eigenvalue weighted by Gasteiger charge is 2.12. The molecule has 1 aromatic heterocycles. The first-order chi connectivity index (χ1) is 11.0. The van der Waals surface area contributed by atoms with Gasteiger partial charge in [-0.1, -0.05) is 12.1 Å². The molecule has 2 aromatic rings. The molecular weight excluding hydrogens is 290 g/mol. The summed E-state index contributed by atoms with van der Waals surface area (Å²) >= 11 is 0. The number of carbonyl (C=O) groups is 1. The van der Waals surface area contributed by atoms with Gasteiger partial charge in [0, 0.05) is 17.9 Å². The van der Waals surface area contributed by atoms with E-state index in [0.29, 0.717) is 17.1 Å². The molecule has 122 valence electrons. The van der Waals surface area contributed by atoms with Crippen LogP contribution in [0.25, 0.3) is 0 Å². The number of hydrogen-bond acceptors (Lipinski definition) is 4. The van der Waals surface area contributed by atoms with E-state index in [1.54, 1.807) is 12.3 Å². The van der Waals surface area contributed by atoms with Gasteiger partial charge in [0.1, 0.15) is 11.4 Å². The number of rotatable bonds is 6. The molecule has 0 bridgehead atoms. The van der Waals surface area contributed by atoms with Gasteiger partial charge in [0.15, 0.2) is 0 Å². The van der Waals surface area contributed by atoms with E-state index in [4.69, 9.17) is 4.74 Å². The van der Waals surface area contributed by atoms with Crippen molar-refractivity contribution in [3.05, 3.63) is 48.3 Å². The second-order valence-electron chi connectivity index (χ2n) is 5.85. The number of ether oxygens (including phenoxy) is 1. The summed E-state index contributed by atoms with van der Waals surface area (Å²) in [7, 11) is 0. The van der Waals surface area contributed by atoms with Crippen LogP contribution < -0.4 is 15.4 Å². The molecule has 0 spiro atoms. The Labute approximate surface area is 137 Å². The zero-order valence-electron chi connectivity index (χ0n) is 14.0. The van der Waals surface area contributed by atoms with Gasteiger partial charge in [0.05, 0.1) is 11.8 Å². The van der Waals surface area contributed by atoms with Crippen LogP contribution in [0.2, 0.25) is 0 Å². The quantitative estimate of drug-likeness (QED) is 0.848. The van der Waals surface area contributed by atoms with Gasteiger partial charge in [-0.15, -0.1) is 0 Å². The number of hydrogen-bond donors (Lipinski definition) is 2. The molecule has 2 rings (SSSR count). The zero-order chi connectivity index (χ0) is 16.8. The molecule has 5 nitrogen and oxygen atoms in total. The van der Waals surface area contributed by atoms with Crippen LogP contribution in [0.4, 0.5) is 11.4 Å². The fourth-order valence-electron chi connectivity index (χ4n) is 2.09. The van der Waals surface area contributed by atoms with Crippen LogP contribution in [0.15, 0.2) is 42.6 Å². The number of amides is 1. The molecule has 2 N–H and O–H groups in total. The smallest absolute Gasteiger partial charge is 0.274 e. The zero-order valence-corrected chi connectivity index (χ0v) is 14.0. The van der Waals surface area contributed by atoms with E-state index in [0.717, 1.165) is 5.69 Å². The molecule has 0 radical (unpaired) electrons. The van der Waals surface area contributed by atoms with E-state index in [1.807, 2.05) is 58.0 Å². The molecule has 1 heterocycles. The minimum absolute atomic E-state index is 0.0322. The lowest BCUT2D eigenvalue weighted by atomic mass is 10.2. The average Bonchev–Trinajstić information content (AvgIpc) is 2.48. The molecule has 0 aliphatic rings. The molecule has 1 aromatic carbocycles. The number of carbonyl (C=O) groups excluding carboxylic acids is 1. The second kappa shape index (κ2) is 7.63. The predicted octanol–water partition coefficient (Wildman–Crippen LogP) is 3.94. The van der Waals surface area contributed by atoms with Crippen LogP contribution in [-0.2, 0) is 0 Å². The van der Waals surface area contributed by atoms with Gasteiger partial charge in [-0.05, 0) is 52.0 Å². The molecule has 0 aliphatic heterocycles. The van der Waals surface area contributed by atoms with Crippen molar-refractivity contribution >= 4 is 17.3 Å². The van der Waals surface area contributed by atoms with Crippen LogP contribution in [0.3, 0.4) is 0 Å². The van der Waals surface area contributed by atoms with Crippen LogP contribution in [-0.4, -0.2) is 23.0 Å². The van der Waals surface area contributed by atoms with Crippen LogP contribution in [0.1, 0.15) is 38.2 Å². The van der Waals surface area contributed by atoms with Gasteiger partial charge >= 0.3 is 0 Å². The van der Waals surface area contributed by atoms with Crippen LogP contribution in [0.5, 0.6) is 5.75 Å². The second-order valence-corrected chi connectivity index (χ2v) is 5.85. The van der Waals surface area contributed by atoms with Crippen LogP contribution >= 0.6 is 0 Å². The van der Waals surface area contributed by atoms with E-state index >= 15 is 0 Å². The molecule has 1 amide bonds. The lowest BCUT2D eigenvalue weighted by molar-refractivity contribution is 0.102. The highest BCUT2D eigenvalue weighted by atomic mass is 16.5. The minimum Gasteiger partial charge on any atom is -0.489 e. The Morgan fingerprint density at radius 2 is 1.87 bits per heavy atom. The Morgan fingerprint density at radius 3 is 2.57 bits per heavy atom. The van der Waals surface area contributed by atoms with Gasteiger partial charge in [-0.3, -0.25) is 9.78 Å². The fourth-order valence-corrected chi connectivity index (χ4v) is 2.09. The number of benzene rings is 1. The summed E-state index contributed by atoms with van der Waals surface area (Å²) in [5.74, 6) is 0.379. The number of pyridine rings is 1. The topological polar surface area (TPSA) is 63.2 Å². The lowest BCUT2D eigenvalue weighted by Gasteiger charge is -2.15. The molecule has 23 heavy (non-hydrogen) atoms. The predicted molar refractivity (Wildman–Crippen MR) is 93.2 cm³/mol. The minimum atomic E-state index is -0.266. The first-order valence-corrected chi connectivity index (χ1v) is 7.75. The summed E-state index contributed by atoms with van der Waals surface area (Å²) in [4.78, 5) is 16.6. The maximum atomic E-state index is 12.4. The Hall–Kier alpha value is -2.56. The summed E-state index contributed by atoms with van der Waals surface area (Å²) in [6.07, 6.45) is 1.65. The summed E-state index contributed by atoms with van der Waals surface area (Å²) in [5.41, 5.74) is 1.86. The third-order valence-electron chi connectivity index (χ3n) is 2.95. The maximum Gasteiger partial charge on any atom is 0.274 e. The SMILES string of the molecule is CC(C)Nc1ccnc(C(=O)Nc2ccccc2OC(C)C)c1. The van der Waals surface area contributed by atoms with E-state index < -0.39 is 0 Å². The van der Waals surface area contributed by atoms with E-state index in [9.17, 15) is 4.79 Å². The number of nitrogens with zero attached hydrogens (tertiary/aromatic N) is 1. The van der Waals surface area contributed by atoms with E-state index in [1.165, 1.54) is 0 Å². The van der Waals surface area contributed by atoms with Crippen molar-refractivity contribution in [2.75, 3.05) is 10.6 Å². The fraction of sp³-hybridized carbons (Fsp3) is 0.333. The van der Waals surface area contributed by atoms with Crippen LogP contribution in [0, 0.1) is 0 Å². The number of aromatic nitrogens is 1. The normalized spacial score (nSPS) is 10.7. The largest absolute Gasteiger partial charge is 0.489 e. The molecule has 0 saturated heterocycles. The number of nitrogens with one attached hydrogen (secondary N) is 2. The Bertz CT molecular complexity index is 669. The van der Waals surface area contributed by atoms with Gasteiger partial charge in [0.25, 0.3) is 5.91 Å². The number of anilines is 2. The van der Waals surface area contributed by atoms with Crippen molar-refractivity contribution < 1.29 is 9.53 Å². The van der Waals surface area contributed by atoms with Crippen molar-refractivity contribution in [1.82, 2.24) is 4.98 Å². The van der Waals surface area contributed by atoms with Gasteiger partial charge in [-0.25, -0.2) is 0 Å². The molecule has 0 aliphatic carbocycles. The van der Waals surface area contributed by atoms with Crippen molar-refractivity contribution in [3.8, 4) is 5.75 Å². The third kappa shape index (κ3) is 4.98. The van der Waals surface area contributed by atoms with E-state index in [-0.39, 0.29) is 18.1 Å². The summed E-state index contributed by atoms with van der Waals surface area (Å²) in [6, 6.07) is 11.2. The van der Waals surface area contributed by atoms with Crippen molar-refractivity contribution in [3.63, 3.8) is 0 Å². The highest BCUT2D eigenvalue weighted by molar-refractivity contribution is 6.04. The molecule has 0 unspecified atom stereocenters. The third-order valence-corrected chi connectivity index (χ3v) is 2.95. The first-order valence-electron chi connectivity index (χ1n) is 7.75. The molecule has 0 saturated carbocycles. The van der Waals surface area contributed by atoms with Crippen molar-refractivity contribution in [2.45, 2.75) is 39.8 Å². The lowest BCUT2D eigenvalue weighted by Crippen LogP contribution is -2.16. The molecular formula is C18H23N3O2. The monoisotopic (exact) mass is 313 g/mol. The average molecular weight is 313 g/mol. The van der Waals surface area contributed by atoms with E-state index in [2.05, 4.69) is 15.6 Å². The Morgan fingerprint density at radius 1 is 1.13 bits per heavy atom. The molecule has 0 fully saturated rings. The summed E-state index contributed by atoms with van der Waals surface area (Å²) < 4.78 is 5.71. The Kier molecular flexibility index (Phi) is 5.57. The standard InChI is InChI=1S/C18H23N3O2/c1-12(2)20-14-9-10-19-16(11-14)18(22)21-15-7-5-6-8-17(15)23-13(3)4/h5-13H,1-4H3,(H,19,20)(H,21,22).